The van der Waals surface area contributed by atoms with E-state index in [2.05, 4.69) is 19.2 Å². The van der Waals surface area contributed by atoms with Gasteiger partial charge >= 0.3 is 11.9 Å². The summed E-state index contributed by atoms with van der Waals surface area (Å²) in [5.41, 5.74) is 7.80. The molecule has 0 aliphatic carbocycles. The lowest BCUT2D eigenvalue weighted by molar-refractivity contribution is -0.152. The quantitative estimate of drug-likeness (QED) is 0.589. The van der Waals surface area contributed by atoms with Crippen LogP contribution in [0.1, 0.15) is 48.7 Å². The molecule has 3 N–H and O–H groups in total. The maximum absolute atomic E-state index is 13.1. The number of methoxy groups -OCH3 is 1. The maximum atomic E-state index is 13.1. The average Bonchev–Trinajstić information content (AvgIpc) is 2.77. The highest BCUT2D eigenvalue weighted by molar-refractivity contribution is 5.90. The second-order valence-corrected chi connectivity index (χ2v) is 6.84. The first-order valence-electron chi connectivity index (χ1n) is 9.94. The highest BCUT2D eigenvalue weighted by Crippen LogP contribution is 2.24. The maximum Gasteiger partial charge on any atom is 0.337 e. The molecule has 2 aromatic carbocycles. The molecule has 1 unspecified atom stereocenters. The summed E-state index contributed by atoms with van der Waals surface area (Å²) in [6.07, 6.45) is 1.46. The molecule has 2 aromatic rings. The normalized spacial score (nSPS) is 12.9. The molecule has 156 valence electrons. The van der Waals surface area contributed by atoms with Crippen LogP contribution in [0.4, 0.5) is 5.69 Å². The van der Waals surface area contributed by atoms with Gasteiger partial charge in [0.05, 0.1) is 12.7 Å². The van der Waals surface area contributed by atoms with E-state index in [1.165, 1.54) is 7.11 Å². The van der Waals surface area contributed by atoms with Crippen molar-refractivity contribution in [3.8, 4) is 0 Å². The molecule has 2 atom stereocenters. The van der Waals surface area contributed by atoms with Crippen LogP contribution in [0, 0.1) is 5.92 Å². The van der Waals surface area contributed by atoms with Gasteiger partial charge in [0.2, 0.25) is 0 Å². The Labute approximate surface area is 172 Å². The largest absolute Gasteiger partial charge is 0.465 e. The van der Waals surface area contributed by atoms with Gasteiger partial charge in [-0.15, -0.1) is 0 Å². The highest BCUT2D eigenvalue weighted by Gasteiger charge is 2.28. The van der Waals surface area contributed by atoms with E-state index in [1.54, 1.807) is 24.3 Å². The van der Waals surface area contributed by atoms with Crippen LogP contribution in [0.2, 0.25) is 0 Å². The average molecular weight is 399 g/mol. The van der Waals surface area contributed by atoms with Crippen molar-refractivity contribution in [2.75, 3.05) is 19.0 Å². The first kappa shape index (κ1) is 22.4. The third-order valence-corrected chi connectivity index (χ3v) is 5.06. The van der Waals surface area contributed by atoms with E-state index in [0.717, 1.165) is 18.4 Å². The van der Waals surface area contributed by atoms with E-state index in [0.29, 0.717) is 11.3 Å². The first-order chi connectivity index (χ1) is 14.0. The zero-order valence-electron chi connectivity index (χ0n) is 17.3. The van der Waals surface area contributed by atoms with Crippen LogP contribution in [0.3, 0.4) is 0 Å². The van der Waals surface area contributed by atoms with Crippen molar-refractivity contribution < 1.29 is 19.1 Å². The Morgan fingerprint density at radius 1 is 1.00 bits per heavy atom. The third kappa shape index (κ3) is 6.06. The predicted molar refractivity (Wildman–Crippen MR) is 114 cm³/mol. The van der Waals surface area contributed by atoms with E-state index in [1.807, 2.05) is 30.3 Å². The number of anilines is 1. The molecule has 0 saturated carbocycles. The summed E-state index contributed by atoms with van der Waals surface area (Å²) in [6.45, 7) is 4.42. The van der Waals surface area contributed by atoms with Gasteiger partial charge in [-0.2, -0.15) is 0 Å². The van der Waals surface area contributed by atoms with Crippen molar-refractivity contribution in [1.29, 1.82) is 0 Å². The van der Waals surface area contributed by atoms with Gasteiger partial charge in [0, 0.05) is 12.2 Å². The number of nitrogens with two attached hydrogens (primary N) is 1. The van der Waals surface area contributed by atoms with E-state index in [9.17, 15) is 9.59 Å². The lowest BCUT2D eigenvalue weighted by Crippen LogP contribution is -2.36. The minimum absolute atomic E-state index is 0.222. The summed E-state index contributed by atoms with van der Waals surface area (Å²) < 4.78 is 10.5. The Bertz CT molecular complexity index is 773. The van der Waals surface area contributed by atoms with Crippen LogP contribution in [0.25, 0.3) is 0 Å². The van der Waals surface area contributed by atoms with Crippen LogP contribution < -0.4 is 11.1 Å². The monoisotopic (exact) mass is 398 g/mol. The summed E-state index contributed by atoms with van der Waals surface area (Å²) in [6, 6.07) is 15.5. The van der Waals surface area contributed by atoms with Crippen LogP contribution in [0.5, 0.6) is 0 Å². The number of carbonyl (C=O) groups excluding carboxylic acids is 2. The summed E-state index contributed by atoms with van der Waals surface area (Å²) in [4.78, 5) is 24.7. The van der Waals surface area contributed by atoms with Crippen LogP contribution >= 0.6 is 0 Å². The standard InChI is InChI=1S/C23H30N2O4/c1-4-16(5-2)20(15-24)29-23(27)21(17-9-7-6-8-10-17)25-19-13-11-18(12-14-19)22(26)28-3/h6-14,16,20-21,25H,4-5,15,24H2,1-3H3/t20-,21?/m0/s1. The number of nitrogens with one attached hydrogen (secondary N) is 1. The molecular formula is C23H30N2O4. The molecule has 0 saturated heterocycles. The predicted octanol–water partition coefficient (Wildman–Crippen LogP) is 3.93. The Morgan fingerprint density at radius 3 is 2.14 bits per heavy atom. The third-order valence-electron chi connectivity index (χ3n) is 5.06. The topological polar surface area (TPSA) is 90.6 Å². The van der Waals surface area contributed by atoms with Crippen molar-refractivity contribution in [3.63, 3.8) is 0 Å². The van der Waals surface area contributed by atoms with Gasteiger partial charge in [-0.25, -0.2) is 9.59 Å². The van der Waals surface area contributed by atoms with E-state index in [-0.39, 0.29) is 24.5 Å². The zero-order chi connectivity index (χ0) is 21.2. The zero-order valence-corrected chi connectivity index (χ0v) is 17.3. The van der Waals surface area contributed by atoms with Crippen LogP contribution in [0.15, 0.2) is 54.6 Å². The summed E-state index contributed by atoms with van der Waals surface area (Å²) in [7, 11) is 1.34. The van der Waals surface area contributed by atoms with Gasteiger partial charge in [0.1, 0.15) is 6.10 Å². The molecule has 0 aliphatic rings. The minimum atomic E-state index is -0.691. The van der Waals surface area contributed by atoms with E-state index in [4.69, 9.17) is 15.2 Å². The number of rotatable bonds is 10. The fraction of sp³-hybridized carbons (Fsp3) is 0.391. The summed E-state index contributed by atoms with van der Waals surface area (Å²) in [5, 5.41) is 3.22. The lowest BCUT2D eigenvalue weighted by Gasteiger charge is -2.27. The molecule has 6 heteroatoms. The smallest absolute Gasteiger partial charge is 0.337 e. The van der Waals surface area contributed by atoms with Crippen LogP contribution in [-0.2, 0) is 14.3 Å². The van der Waals surface area contributed by atoms with Crippen molar-refractivity contribution in [1.82, 2.24) is 0 Å². The van der Waals surface area contributed by atoms with E-state index >= 15 is 0 Å². The lowest BCUT2D eigenvalue weighted by atomic mass is 9.96. The molecule has 0 heterocycles. The molecule has 0 aliphatic heterocycles. The van der Waals surface area contributed by atoms with Crippen molar-refractivity contribution in [2.24, 2.45) is 11.7 Å². The molecule has 0 amide bonds. The second kappa shape index (κ2) is 11.2. The van der Waals surface area contributed by atoms with E-state index < -0.39 is 12.0 Å². The molecule has 0 fully saturated rings. The molecular weight excluding hydrogens is 368 g/mol. The minimum Gasteiger partial charge on any atom is -0.465 e. The van der Waals surface area contributed by atoms with Crippen molar-refractivity contribution in [2.45, 2.75) is 38.8 Å². The number of hydrogen-bond donors (Lipinski definition) is 2. The van der Waals surface area contributed by atoms with Gasteiger partial charge in [0.15, 0.2) is 6.04 Å². The van der Waals surface area contributed by atoms with Crippen molar-refractivity contribution >= 4 is 17.6 Å². The number of ether oxygens (including phenoxy) is 2. The van der Waals surface area contributed by atoms with Crippen molar-refractivity contribution in [3.05, 3.63) is 65.7 Å². The fourth-order valence-electron chi connectivity index (χ4n) is 3.28. The SMILES string of the molecule is CCC(CC)[C@H](CN)OC(=O)C(Nc1ccc(C(=O)OC)cc1)c1ccccc1. The molecule has 0 aromatic heterocycles. The first-order valence-corrected chi connectivity index (χ1v) is 9.94. The van der Waals surface area contributed by atoms with Crippen LogP contribution in [-0.4, -0.2) is 31.7 Å². The van der Waals surface area contributed by atoms with Gasteiger partial charge in [-0.1, -0.05) is 44.2 Å². The van der Waals surface area contributed by atoms with Gasteiger partial charge in [0.25, 0.3) is 0 Å². The second-order valence-electron chi connectivity index (χ2n) is 6.84. The molecule has 0 spiro atoms. The number of hydrogen-bond acceptors (Lipinski definition) is 6. The molecule has 6 nitrogen and oxygen atoms in total. The van der Waals surface area contributed by atoms with Gasteiger partial charge < -0.3 is 20.5 Å². The van der Waals surface area contributed by atoms with Gasteiger partial charge in [-0.05, 0) is 48.6 Å². The fourth-order valence-corrected chi connectivity index (χ4v) is 3.28. The Balaban J connectivity index is 2.23. The molecule has 2 rings (SSSR count). The molecule has 0 bridgehead atoms. The molecule has 0 radical (unpaired) electrons. The Morgan fingerprint density at radius 2 is 1.62 bits per heavy atom. The van der Waals surface area contributed by atoms with Gasteiger partial charge in [-0.3, -0.25) is 0 Å². The Hall–Kier alpha value is -2.86. The summed E-state index contributed by atoms with van der Waals surface area (Å²) >= 11 is 0. The number of benzene rings is 2. The number of esters is 2. The highest BCUT2D eigenvalue weighted by atomic mass is 16.5. The molecule has 29 heavy (non-hydrogen) atoms. The number of carbonyl (C=O) groups is 2. The summed E-state index contributed by atoms with van der Waals surface area (Å²) in [5.74, 6) is -0.568. The Kier molecular flexibility index (Phi) is 8.68.